The van der Waals surface area contributed by atoms with Gasteiger partial charge >= 0.3 is 0 Å². The maximum Gasteiger partial charge on any atom is 0.262 e. The second-order valence-electron chi connectivity index (χ2n) is 6.54. The van der Waals surface area contributed by atoms with Gasteiger partial charge in [0.05, 0.1) is 29.1 Å². The molecule has 0 bridgehead atoms. The highest BCUT2D eigenvalue weighted by molar-refractivity contribution is 7.93. The number of sulfonamides is 2. The Morgan fingerprint density at radius 1 is 1.07 bits per heavy atom. The highest BCUT2D eigenvalue weighted by atomic mass is 32.2. The summed E-state index contributed by atoms with van der Waals surface area (Å²) in [7, 11) is -5.89. The van der Waals surface area contributed by atoms with Crippen LogP contribution < -0.4 is 23.2 Å². The van der Waals surface area contributed by atoms with Crippen molar-refractivity contribution in [3.05, 3.63) is 36.4 Å². The zero-order valence-corrected chi connectivity index (χ0v) is 17.3. The number of hydrogen-bond acceptors (Lipinski definition) is 7. The minimum Gasteiger partial charge on any atom is -0.494 e. The molecular weight excluding hydrogens is 420 g/mol. The van der Waals surface area contributed by atoms with Gasteiger partial charge in [-0.2, -0.15) is 0 Å². The molecule has 0 radical (unpaired) electrons. The SMILES string of the molecule is COc1cc(N2CCCS2(=O)=O)ccc1NS(=O)(=O)c1ccc2c(c1)OCCO2. The Balaban J connectivity index is 1.63. The van der Waals surface area contributed by atoms with Crippen LogP contribution in [0, 0.1) is 0 Å². The van der Waals surface area contributed by atoms with Crippen LogP contribution in [0.2, 0.25) is 0 Å². The average molecular weight is 440 g/mol. The van der Waals surface area contributed by atoms with E-state index in [0.29, 0.717) is 43.4 Å². The predicted octanol–water partition coefficient (Wildman–Crippen LogP) is 1.81. The average Bonchev–Trinajstić information content (AvgIpc) is 3.06. The molecule has 1 N–H and O–H groups in total. The van der Waals surface area contributed by atoms with Crippen molar-refractivity contribution in [3.63, 3.8) is 0 Å². The van der Waals surface area contributed by atoms with E-state index in [9.17, 15) is 16.8 Å². The van der Waals surface area contributed by atoms with Gasteiger partial charge in [-0.1, -0.05) is 0 Å². The van der Waals surface area contributed by atoms with E-state index < -0.39 is 20.0 Å². The molecule has 0 spiro atoms. The van der Waals surface area contributed by atoms with Crippen LogP contribution in [-0.2, 0) is 20.0 Å². The second kappa shape index (κ2) is 7.30. The molecule has 0 aromatic heterocycles. The number of nitrogens with one attached hydrogen (secondary N) is 1. The van der Waals surface area contributed by atoms with Gasteiger partial charge in [0.25, 0.3) is 10.0 Å². The number of fused-ring (bicyclic) bond motifs is 1. The standard InChI is InChI=1S/C18H20N2O7S2/c1-25-17-11-13(20-7-2-10-28(20,21)22)3-5-15(17)19-29(23,24)14-4-6-16-18(12-14)27-9-8-26-16/h3-6,11-12,19H,2,7-10H2,1H3. The zero-order chi connectivity index (χ0) is 20.6. The van der Waals surface area contributed by atoms with E-state index in [-0.39, 0.29) is 22.1 Å². The van der Waals surface area contributed by atoms with E-state index in [1.807, 2.05) is 0 Å². The Labute approximate surface area is 169 Å². The highest BCUT2D eigenvalue weighted by Crippen LogP contribution is 2.36. The maximum atomic E-state index is 12.8. The Bertz CT molecular complexity index is 1150. The maximum absolute atomic E-state index is 12.8. The van der Waals surface area contributed by atoms with Crippen molar-refractivity contribution in [2.45, 2.75) is 11.3 Å². The van der Waals surface area contributed by atoms with Crippen molar-refractivity contribution in [3.8, 4) is 17.2 Å². The molecule has 9 nitrogen and oxygen atoms in total. The van der Waals surface area contributed by atoms with E-state index in [0.717, 1.165) is 0 Å². The molecule has 0 aliphatic carbocycles. The minimum atomic E-state index is -3.93. The third-order valence-electron chi connectivity index (χ3n) is 4.64. The van der Waals surface area contributed by atoms with Gasteiger partial charge in [-0.25, -0.2) is 16.8 Å². The van der Waals surface area contributed by atoms with Gasteiger partial charge in [0.2, 0.25) is 10.0 Å². The molecule has 4 rings (SSSR count). The van der Waals surface area contributed by atoms with Gasteiger partial charge in [0.1, 0.15) is 19.0 Å². The smallest absolute Gasteiger partial charge is 0.262 e. The Hall–Kier alpha value is -2.66. The van der Waals surface area contributed by atoms with Crippen molar-refractivity contribution < 1.29 is 31.0 Å². The predicted molar refractivity (Wildman–Crippen MR) is 107 cm³/mol. The van der Waals surface area contributed by atoms with Crippen molar-refractivity contribution in [2.24, 2.45) is 0 Å². The molecule has 2 aliphatic heterocycles. The molecule has 2 heterocycles. The summed E-state index contributed by atoms with van der Waals surface area (Å²) in [6, 6.07) is 8.90. The van der Waals surface area contributed by atoms with Crippen LogP contribution >= 0.6 is 0 Å². The molecule has 1 fully saturated rings. The fourth-order valence-corrected chi connectivity index (χ4v) is 5.89. The summed E-state index contributed by atoms with van der Waals surface area (Å²) in [6.07, 6.45) is 0.545. The molecule has 2 aromatic rings. The topological polar surface area (TPSA) is 111 Å². The summed E-state index contributed by atoms with van der Waals surface area (Å²) in [4.78, 5) is 0.00926. The highest BCUT2D eigenvalue weighted by Gasteiger charge is 2.29. The first-order chi connectivity index (χ1) is 13.8. The molecule has 0 atom stereocenters. The zero-order valence-electron chi connectivity index (χ0n) is 15.6. The molecule has 156 valence electrons. The van der Waals surface area contributed by atoms with E-state index in [2.05, 4.69) is 4.72 Å². The lowest BCUT2D eigenvalue weighted by Gasteiger charge is -2.20. The van der Waals surface area contributed by atoms with Crippen LogP contribution in [-0.4, -0.2) is 49.5 Å². The number of nitrogens with zero attached hydrogens (tertiary/aromatic N) is 1. The first-order valence-electron chi connectivity index (χ1n) is 8.91. The first kappa shape index (κ1) is 19.6. The summed E-state index contributed by atoms with van der Waals surface area (Å²) in [5.74, 6) is 1.16. The van der Waals surface area contributed by atoms with Gasteiger partial charge in [0.15, 0.2) is 11.5 Å². The van der Waals surface area contributed by atoms with E-state index in [1.54, 1.807) is 12.1 Å². The monoisotopic (exact) mass is 440 g/mol. The fraction of sp³-hybridized carbons (Fsp3) is 0.333. The number of benzene rings is 2. The first-order valence-corrected chi connectivity index (χ1v) is 12.0. The lowest BCUT2D eigenvalue weighted by molar-refractivity contribution is 0.171. The molecule has 2 aromatic carbocycles. The van der Waals surface area contributed by atoms with Gasteiger partial charge in [0, 0.05) is 18.7 Å². The van der Waals surface area contributed by atoms with Gasteiger partial charge < -0.3 is 14.2 Å². The number of anilines is 2. The minimum absolute atomic E-state index is 0.00926. The summed E-state index contributed by atoms with van der Waals surface area (Å²) < 4.78 is 69.8. The largest absolute Gasteiger partial charge is 0.494 e. The number of ether oxygens (including phenoxy) is 3. The Morgan fingerprint density at radius 3 is 2.52 bits per heavy atom. The molecule has 11 heteroatoms. The molecular formula is C18H20N2O7S2. The van der Waals surface area contributed by atoms with Crippen molar-refractivity contribution in [1.82, 2.24) is 0 Å². The summed E-state index contributed by atoms with van der Waals surface area (Å²) in [5.41, 5.74) is 0.629. The molecule has 0 amide bonds. The van der Waals surface area contributed by atoms with Crippen LogP contribution in [0.3, 0.4) is 0 Å². The van der Waals surface area contributed by atoms with Crippen LogP contribution in [0.4, 0.5) is 11.4 Å². The normalized spacial score (nSPS) is 17.8. The molecule has 0 unspecified atom stereocenters. The van der Waals surface area contributed by atoms with Crippen LogP contribution in [0.5, 0.6) is 17.2 Å². The Morgan fingerprint density at radius 2 is 1.83 bits per heavy atom. The summed E-state index contributed by atoms with van der Waals surface area (Å²) >= 11 is 0. The van der Waals surface area contributed by atoms with E-state index in [4.69, 9.17) is 14.2 Å². The number of hydrogen-bond donors (Lipinski definition) is 1. The third kappa shape index (κ3) is 3.79. The van der Waals surface area contributed by atoms with Gasteiger partial charge in [-0.05, 0) is 30.7 Å². The van der Waals surface area contributed by atoms with Gasteiger partial charge in [-0.3, -0.25) is 9.03 Å². The molecule has 29 heavy (non-hydrogen) atoms. The van der Waals surface area contributed by atoms with E-state index in [1.165, 1.54) is 35.7 Å². The second-order valence-corrected chi connectivity index (χ2v) is 10.2. The van der Waals surface area contributed by atoms with Crippen molar-refractivity contribution in [1.29, 1.82) is 0 Å². The summed E-state index contributed by atoms with van der Waals surface area (Å²) in [5, 5.41) is 0. The molecule has 0 saturated carbocycles. The lowest BCUT2D eigenvalue weighted by atomic mass is 10.2. The molecule has 1 saturated heterocycles. The van der Waals surface area contributed by atoms with Crippen molar-refractivity contribution >= 4 is 31.4 Å². The quantitative estimate of drug-likeness (QED) is 0.755. The third-order valence-corrected chi connectivity index (χ3v) is 7.87. The molecule has 2 aliphatic rings. The number of rotatable bonds is 5. The Kier molecular flexibility index (Phi) is 4.95. The lowest BCUT2D eigenvalue weighted by Crippen LogP contribution is -2.25. The van der Waals surface area contributed by atoms with Crippen molar-refractivity contribution in [2.75, 3.05) is 41.6 Å². The van der Waals surface area contributed by atoms with Crippen LogP contribution in [0.1, 0.15) is 6.42 Å². The van der Waals surface area contributed by atoms with Crippen LogP contribution in [0.25, 0.3) is 0 Å². The van der Waals surface area contributed by atoms with Gasteiger partial charge in [-0.15, -0.1) is 0 Å². The fourth-order valence-electron chi connectivity index (χ4n) is 3.24. The number of methoxy groups -OCH3 is 1. The van der Waals surface area contributed by atoms with Crippen LogP contribution in [0.15, 0.2) is 41.3 Å². The summed E-state index contributed by atoms with van der Waals surface area (Å²) in [6.45, 7) is 1.14. The van der Waals surface area contributed by atoms with E-state index >= 15 is 0 Å².